The fourth-order valence-electron chi connectivity index (χ4n) is 3.34. The third-order valence-electron chi connectivity index (χ3n) is 4.79. The fraction of sp³-hybridized carbons (Fsp3) is 0.562. The highest BCUT2D eigenvalue weighted by molar-refractivity contribution is 7.91. The van der Waals surface area contributed by atoms with E-state index >= 15 is 0 Å². The van der Waals surface area contributed by atoms with Crippen LogP contribution in [0.5, 0.6) is 0 Å². The zero-order chi connectivity index (χ0) is 15.2. The third-order valence-corrected chi connectivity index (χ3v) is 6.43. The highest BCUT2D eigenvalue weighted by Crippen LogP contribution is 2.34. The molecule has 2 unspecified atom stereocenters. The van der Waals surface area contributed by atoms with Gasteiger partial charge in [-0.1, -0.05) is 6.42 Å². The van der Waals surface area contributed by atoms with Crippen molar-refractivity contribution in [2.45, 2.75) is 50.8 Å². The fourth-order valence-corrected chi connectivity index (χ4v) is 4.50. The SMILES string of the molecule is Cc1cc2ncn(C3CCCC(S(C)(=O)=O)C3)c2cc1C. The van der Waals surface area contributed by atoms with Crippen LogP contribution in [0.1, 0.15) is 42.9 Å². The van der Waals surface area contributed by atoms with Gasteiger partial charge in [0.05, 0.1) is 22.6 Å². The van der Waals surface area contributed by atoms with Crippen LogP contribution in [0, 0.1) is 13.8 Å². The van der Waals surface area contributed by atoms with Crippen LogP contribution in [0.25, 0.3) is 11.0 Å². The first-order valence-electron chi connectivity index (χ1n) is 7.49. The monoisotopic (exact) mass is 306 g/mol. The molecule has 1 saturated carbocycles. The van der Waals surface area contributed by atoms with Crippen LogP contribution in [0.2, 0.25) is 0 Å². The summed E-state index contributed by atoms with van der Waals surface area (Å²) in [5.74, 6) is 0. The van der Waals surface area contributed by atoms with Gasteiger partial charge in [-0.2, -0.15) is 0 Å². The Labute approximate surface area is 126 Å². The van der Waals surface area contributed by atoms with Gasteiger partial charge in [-0.25, -0.2) is 13.4 Å². The molecule has 4 nitrogen and oxygen atoms in total. The van der Waals surface area contributed by atoms with Crippen LogP contribution in [0.15, 0.2) is 18.5 Å². The Hall–Kier alpha value is -1.36. The normalized spacial score (nSPS) is 23.6. The summed E-state index contributed by atoms with van der Waals surface area (Å²) >= 11 is 0. The lowest BCUT2D eigenvalue weighted by Gasteiger charge is -2.29. The minimum atomic E-state index is -2.95. The van der Waals surface area contributed by atoms with Gasteiger partial charge in [0.1, 0.15) is 9.84 Å². The molecule has 1 aliphatic rings. The van der Waals surface area contributed by atoms with Crippen molar-refractivity contribution in [3.05, 3.63) is 29.6 Å². The van der Waals surface area contributed by atoms with E-state index in [1.807, 2.05) is 6.33 Å². The highest BCUT2D eigenvalue weighted by Gasteiger charge is 2.30. The summed E-state index contributed by atoms with van der Waals surface area (Å²) in [6, 6.07) is 4.52. The molecule has 1 fully saturated rings. The van der Waals surface area contributed by atoms with Crippen LogP contribution in [-0.4, -0.2) is 29.5 Å². The zero-order valence-electron chi connectivity index (χ0n) is 12.8. The topological polar surface area (TPSA) is 52.0 Å². The Bertz CT molecular complexity index is 777. The first-order chi connectivity index (χ1) is 9.86. The molecule has 0 radical (unpaired) electrons. The van der Waals surface area contributed by atoms with Crippen molar-refractivity contribution in [2.75, 3.05) is 6.26 Å². The van der Waals surface area contributed by atoms with Crippen LogP contribution in [0.3, 0.4) is 0 Å². The smallest absolute Gasteiger partial charge is 0.150 e. The molecule has 5 heteroatoms. The van der Waals surface area contributed by atoms with Gasteiger partial charge in [-0.15, -0.1) is 0 Å². The average molecular weight is 306 g/mol. The van der Waals surface area contributed by atoms with E-state index in [9.17, 15) is 8.42 Å². The maximum atomic E-state index is 11.8. The molecule has 1 aromatic carbocycles. The second kappa shape index (κ2) is 5.13. The van der Waals surface area contributed by atoms with Gasteiger partial charge in [0, 0.05) is 12.3 Å². The van der Waals surface area contributed by atoms with Crippen molar-refractivity contribution >= 4 is 20.9 Å². The van der Waals surface area contributed by atoms with Gasteiger partial charge in [-0.3, -0.25) is 0 Å². The Kier molecular flexibility index (Phi) is 3.56. The molecule has 0 amide bonds. The molecule has 3 rings (SSSR count). The minimum absolute atomic E-state index is 0.208. The summed E-state index contributed by atoms with van der Waals surface area (Å²) < 4.78 is 25.9. The predicted octanol–water partition coefficient (Wildman–Crippen LogP) is 3.18. The Morgan fingerprint density at radius 2 is 1.90 bits per heavy atom. The van der Waals surface area contributed by atoms with Crippen molar-refractivity contribution in [3.8, 4) is 0 Å². The zero-order valence-corrected chi connectivity index (χ0v) is 13.7. The molecule has 2 aromatic rings. The molecule has 0 bridgehead atoms. The maximum Gasteiger partial charge on any atom is 0.150 e. The minimum Gasteiger partial charge on any atom is -0.327 e. The lowest BCUT2D eigenvalue weighted by atomic mass is 9.94. The quantitative estimate of drug-likeness (QED) is 0.856. The number of sulfone groups is 1. The molecular formula is C16H22N2O2S. The van der Waals surface area contributed by atoms with Crippen LogP contribution in [-0.2, 0) is 9.84 Å². The van der Waals surface area contributed by atoms with Crippen molar-refractivity contribution in [3.63, 3.8) is 0 Å². The lowest BCUT2D eigenvalue weighted by molar-refractivity contribution is 0.358. The van der Waals surface area contributed by atoms with E-state index < -0.39 is 9.84 Å². The predicted molar refractivity (Wildman–Crippen MR) is 85.3 cm³/mol. The standard InChI is InChI=1S/C16H22N2O2S/c1-11-7-15-16(8-12(11)2)18(10-17-15)13-5-4-6-14(9-13)21(3,19)20/h7-8,10,13-14H,4-6,9H2,1-3H3. The molecule has 2 atom stereocenters. The van der Waals surface area contributed by atoms with Gasteiger partial charge in [0.15, 0.2) is 0 Å². The molecule has 0 aliphatic heterocycles. The second-order valence-corrected chi connectivity index (χ2v) is 8.67. The number of rotatable bonds is 2. The number of imidazole rings is 1. The molecular weight excluding hydrogens is 284 g/mol. The maximum absolute atomic E-state index is 11.8. The van der Waals surface area contributed by atoms with E-state index in [-0.39, 0.29) is 11.3 Å². The number of fused-ring (bicyclic) bond motifs is 1. The first-order valence-corrected chi connectivity index (χ1v) is 9.44. The Balaban J connectivity index is 1.99. The van der Waals surface area contributed by atoms with E-state index in [2.05, 4.69) is 35.5 Å². The van der Waals surface area contributed by atoms with Crippen LogP contribution >= 0.6 is 0 Å². The molecule has 0 N–H and O–H groups in total. The Morgan fingerprint density at radius 3 is 2.62 bits per heavy atom. The second-order valence-electron chi connectivity index (χ2n) is 6.35. The molecule has 1 heterocycles. The lowest BCUT2D eigenvalue weighted by Crippen LogP contribution is -2.28. The van der Waals surface area contributed by atoms with Crippen LogP contribution in [0.4, 0.5) is 0 Å². The van der Waals surface area contributed by atoms with Gasteiger partial charge in [0.2, 0.25) is 0 Å². The summed E-state index contributed by atoms with van der Waals surface area (Å²) in [6.45, 7) is 4.19. The summed E-state index contributed by atoms with van der Waals surface area (Å²) in [7, 11) is -2.95. The molecule has 1 aromatic heterocycles. The average Bonchev–Trinajstić information content (AvgIpc) is 2.81. The summed E-state index contributed by atoms with van der Waals surface area (Å²) in [5.41, 5.74) is 4.61. The molecule has 0 spiro atoms. The molecule has 1 aliphatic carbocycles. The van der Waals surface area contributed by atoms with Crippen molar-refractivity contribution in [1.29, 1.82) is 0 Å². The van der Waals surface area contributed by atoms with E-state index in [4.69, 9.17) is 0 Å². The van der Waals surface area contributed by atoms with Gasteiger partial charge in [-0.05, 0) is 56.4 Å². The summed E-state index contributed by atoms with van der Waals surface area (Å²) in [4.78, 5) is 4.50. The number of hydrogen-bond donors (Lipinski definition) is 0. The summed E-state index contributed by atoms with van der Waals surface area (Å²) in [6.07, 6.45) is 6.73. The van der Waals surface area contributed by atoms with E-state index in [0.29, 0.717) is 6.42 Å². The van der Waals surface area contributed by atoms with Gasteiger partial charge in [0.25, 0.3) is 0 Å². The van der Waals surface area contributed by atoms with Crippen molar-refractivity contribution in [1.82, 2.24) is 9.55 Å². The van der Waals surface area contributed by atoms with Crippen molar-refractivity contribution in [2.24, 2.45) is 0 Å². The first kappa shape index (κ1) is 14.6. The summed E-state index contributed by atoms with van der Waals surface area (Å²) in [5, 5.41) is -0.208. The number of aryl methyl sites for hydroxylation is 2. The van der Waals surface area contributed by atoms with E-state index in [1.165, 1.54) is 17.4 Å². The van der Waals surface area contributed by atoms with Crippen LogP contribution < -0.4 is 0 Å². The molecule has 114 valence electrons. The highest BCUT2D eigenvalue weighted by atomic mass is 32.2. The van der Waals surface area contributed by atoms with Crippen molar-refractivity contribution < 1.29 is 8.42 Å². The molecule has 0 saturated heterocycles. The van der Waals surface area contributed by atoms with E-state index in [1.54, 1.807) is 0 Å². The molecule has 21 heavy (non-hydrogen) atoms. The van der Waals surface area contributed by atoms with E-state index in [0.717, 1.165) is 30.3 Å². The van der Waals surface area contributed by atoms with Gasteiger partial charge < -0.3 is 4.57 Å². The largest absolute Gasteiger partial charge is 0.327 e. The third kappa shape index (κ3) is 2.71. The van der Waals surface area contributed by atoms with Gasteiger partial charge >= 0.3 is 0 Å². The number of aromatic nitrogens is 2. The number of benzene rings is 1. The number of hydrogen-bond acceptors (Lipinski definition) is 3. The Morgan fingerprint density at radius 1 is 1.19 bits per heavy atom. The number of nitrogens with zero attached hydrogens (tertiary/aromatic N) is 2.